The lowest BCUT2D eigenvalue weighted by molar-refractivity contribution is -0.138. The first-order valence-corrected chi connectivity index (χ1v) is 13.6. The minimum absolute atomic E-state index is 0.0500. The molecule has 0 bridgehead atoms. The summed E-state index contributed by atoms with van der Waals surface area (Å²) in [5, 5.41) is 12.8. The van der Waals surface area contributed by atoms with Crippen LogP contribution < -0.4 is 5.32 Å². The van der Waals surface area contributed by atoms with E-state index in [1.807, 2.05) is 35.8 Å². The molecule has 0 aliphatic heterocycles. The van der Waals surface area contributed by atoms with Gasteiger partial charge in [-0.15, -0.1) is 0 Å². The molecule has 1 atom stereocenters. The Kier molecular flexibility index (Phi) is 8.15. The first-order valence-electron chi connectivity index (χ1n) is 13.6. The number of carboxylic acid groups (broad SMARTS) is 1. The number of imidazole rings is 1. The number of methoxy groups -OCH3 is 1. The van der Waals surface area contributed by atoms with Crippen molar-refractivity contribution in [2.24, 2.45) is 5.92 Å². The second-order valence-corrected chi connectivity index (χ2v) is 10.5. The van der Waals surface area contributed by atoms with Gasteiger partial charge in [-0.2, -0.15) is 13.2 Å². The number of fused-ring (bicyclic) bond motifs is 1. The Hall–Kier alpha value is -4.48. The third kappa shape index (κ3) is 6.22. The van der Waals surface area contributed by atoms with E-state index in [4.69, 9.17) is 9.72 Å². The van der Waals surface area contributed by atoms with Gasteiger partial charge in [0.05, 0.1) is 12.7 Å². The van der Waals surface area contributed by atoms with Gasteiger partial charge in [-0.3, -0.25) is 4.79 Å². The van der Waals surface area contributed by atoms with Crippen LogP contribution >= 0.6 is 0 Å². The molecule has 0 spiro atoms. The zero-order valence-electron chi connectivity index (χ0n) is 23.1. The van der Waals surface area contributed by atoms with E-state index in [2.05, 4.69) is 15.3 Å². The van der Waals surface area contributed by atoms with Gasteiger partial charge in [0.1, 0.15) is 11.3 Å². The maximum Gasteiger partial charge on any atom is 0.416 e. The maximum atomic E-state index is 13.2. The number of esters is 1. The number of hydrogen-bond acceptors (Lipinski definition) is 7. The Bertz CT molecular complexity index is 1610. The highest BCUT2D eigenvalue weighted by Crippen LogP contribution is 2.36. The van der Waals surface area contributed by atoms with Gasteiger partial charge in [0.2, 0.25) is 5.82 Å². The molecule has 0 amide bonds. The molecule has 1 fully saturated rings. The number of aromatic nitrogens is 4. The summed E-state index contributed by atoms with van der Waals surface area (Å²) in [7, 11) is 1.22. The van der Waals surface area contributed by atoms with Crippen molar-refractivity contribution in [3.63, 3.8) is 0 Å². The summed E-state index contributed by atoms with van der Waals surface area (Å²) in [5.41, 5.74) is 2.18. The van der Waals surface area contributed by atoms with Gasteiger partial charge >= 0.3 is 18.1 Å². The molecule has 9 nitrogen and oxygen atoms in total. The highest BCUT2D eigenvalue weighted by Gasteiger charge is 2.31. The third-order valence-electron chi connectivity index (χ3n) is 7.58. The van der Waals surface area contributed by atoms with Gasteiger partial charge in [0.15, 0.2) is 11.5 Å². The molecule has 2 heterocycles. The number of carbonyl (C=O) groups excluding carboxylic acids is 1. The van der Waals surface area contributed by atoms with E-state index in [1.165, 1.54) is 19.2 Å². The number of carboxylic acids is 1. The van der Waals surface area contributed by atoms with E-state index >= 15 is 0 Å². The Morgan fingerprint density at radius 3 is 2.45 bits per heavy atom. The van der Waals surface area contributed by atoms with E-state index in [0.29, 0.717) is 23.3 Å². The number of alkyl halides is 3. The summed E-state index contributed by atoms with van der Waals surface area (Å²) in [5.74, 6) is -0.912. The zero-order valence-corrected chi connectivity index (χ0v) is 23.1. The van der Waals surface area contributed by atoms with Crippen LogP contribution in [0, 0.1) is 12.8 Å². The number of nitrogens with one attached hydrogen (secondary N) is 1. The predicted octanol–water partition coefficient (Wildman–Crippen LogP) is 6.10. The fraction of sp³-hybridized carbons (Fsp3) is 0.367. The van der Waals surface area contributed by atoms with Crippen LogP contribution in [0.5, 0.6) is 0 Å². The molecule has 0 unspecified atom stereocenters. The molecule has 12 heteroatoms. The molecule has 2 N–H and O–H groups in total. The fourth-order valence-corrected chi connectivity index (χ4v) is 5.18. The Morgan fingerprint density at radius 1 is 1.12 bits per heavy atom. The van der Waals surface area contributed by atoms with Crippen molar-refractivity contribution in [1.82, 2.24) is 19.5 Å². The Balaban J connectivity index is 1.68. The molecule has 220 valence electrons. The monoisotopic (exact) mass is 581 g/mol. The van der Waals surface area contributed by atoms with Gasteiger partial charge in [0, 0.05) is 24.6 Å². The van der Waals surface area contributed by atoms with Crippen molar-refractivity contribution in [3.05, 3.63) is 71.0 Å². The molecule has 1 aliphatic rings. The van der Waals surface area contributed by atoms with E-state index in [0.717, 1.165) is 42.5 Å². The van der Waals surface area contributed by atoms with Crippen LogP contribution in [-0.4, -0.2) is 49.7 Å². The molecule has 1 saturated carbocycles. The number of benzene rings is 2. The van der Waals surface area contributed by atoms with Gasteiger partial charge in [-0.25, -0.2) is 19.7 Å². The fourth-order valence-electron chi connectivity index (χ4n) is 5.18. The normalized spacial score (nSPS) is 14.4. The van der Waals surface area contributed by atoms with Gasteiger partial charge in [-0.1, -0.05) is 42.3 Å². The van der Waals surface area contributed by atoms with Gasteiger partial charge in [-0.05, 0) is 55.9 Å². The van der Waals surface area contributed by atoms with Crippen LogP contribution in [0.2, 0.25) is 0 Å². The highest BCUT2D eigenvalue weighted by molar-refractivity contribution is 5.93. The first-order chi connectivity index (χ1) is 20.0. The molecule has 5 rings (SSSR count). The number of nitrogens with zero attached hydrogens (tertiary/aromatic N) is 4. The van der Waals surface area contributed by atoms with Crippen molar-refractivity contribution >= 4 is 28.9 Å². The predicted molar refractivity (Wildman–Crippen MR) is 149 cm³/mol. The van der Waals surface area contributed by atoms with Crippen LogP contribution in [0.3, 0.4) is 0 Å². The molecule has 4 aromatic rings. The number of hydrogen-bond donors (Lipinski definition) is 2. The Morgan fingerprint density at radius 2 is 1.86 bits per heavy atom. The second-order valence-electron chi connectivity index (χ2n) is 10.5. The molecular weight excluding hydrogens is 551 g/mol. The number of halogens is 3. The quantitative estimate of drug-likeness (QED) is 0.216. The van der Waals surface area contributed by atoms with Crippen molar-refractivity contribution in [1.29, 1.82) is 0 Å². The molecule has 0 saturated heterocycles. The summed E-state index contributed by atoms with van der Waals surface area (Å²) in [4.78, 5) is 37.6. The standard InChI is InChI=1S/C30H30F3N5O4/c1-17-5-3-8-20(15-17)28-37-26-24(38(28)16-18-9-11-21(12-10-18)30(31,32)33)25(35-27(36-26)29(41)42-2)34-22(13-14-23(39)40)19-6-4-7-19/h3,5,8-12,15,19,22H,4,6-7,13-14,16H2,1-2H3,(H,39,40)(H,34,35,36)/t22-/m1/s1. The van der Waals surface area contributed by atoms with Crippen LogP contribution in [-0.2, 0) is 22.3 Å². The number of aliphatic carboxylic acids is 1. The molecule has 0 radical (unpaired) electrons. The van der Waals surface area contributed by atoms with Gasteiger partial charge in [0.25, 0.3) is 0 Å². The third-order valence-corrected chi connectivity index (χ3v) is 7.58. The lowest BCUT2D eigenvalue weighted by Crippen LogP contribution is -2.35. The van der Waals surface area contributed by atoms with Crippen molar-refractivity contribution < 1.29 is 32.6 Å². The summed E-state index contributed by atoms with van der Waals surface area (Å²) in [6.45, 7) is 2.07. The van der Waals surface area contributed by atoms with Crippen LogP contribution in [0.25, 0.3) is 22.6 Å². The van der Waals surface area contributed by atoms with Crippen LogP contribution in [0.15, 0.2) is 48.5 Å². The molecule has 1 aliphatic carbocycles. The maximum absolute atomic E-state index is 13.2. The highest BCUT2D eigenvalue weighted by atomic mass is 19.4. The van der Waals surface area contributed by atoms with E-state index < -0.39 is 23.7 Å². The zero-order chi connectivity index (χ0) is 30.0. The Labute approximate surface area is 239 Å². The number of anilines is 1. The van der Waals surface area contributed by atoms with Crippen molar-refractivity contribution in [3.8, 4) is 11.4 Å². The molecule has 42 heavy (non-hydrogen) atoms. The molecule has 2 aromatic carbocycles. The summed E-state index contributed by atoms with van der Waals surface area (Å²) < 4.78 is 46.4. The van der Waals surface area contributed by atoms with E-state index in [-0.39, 0.29) is 42.2 Å². The molecular formula is C30H30F3N5O4. The largest absolute Gasteiger partial charge is 0.481 e. The van der Waals surface area contributed by atoms with Gasteiger partial charge < -0.3 is 19.7 Å². The van der Waals surface area contributed by atoms with E-state index in [9.17, 15) is 27.9 Å². The number of carbonyl (C=O) groups is 2. The van der Waals surface area contributed by atoms with E-state index in [1.54, 1.807) is 0 Å². The first kappa shape index (κ1) is 29.0. The van der Waals surface area contributed by atoms with Crippen LogP contribution in [0.1, 0.15) is 59.4 Å². The van der Waals surface area contributed by atoms with Crippen molar-refractivity contribution in [2.45, 2.75) is 57.8 Å². The SMILES string of the molecule is COC(=O)c1nc(N[C@H](CCC(=O)O)C2CCC2)c2c(n1)nc(-c1cccc(C)c1)n2Cc1ccc(C(F)(F)F)cc1. The average molecular weight is 582 g/mol. The topological polar surface area (TPSA) is 119 Å². The summed E-state index contributed by atoms with van der Waals surface area (Å²) >= 11 is 0. The smallest absolute Gasteiger partial charge is 0.416 e. The number of ether oxygens (including phenoxy) is 1. The molecule has 2 aromatic heterocycles. The second kappa shape index (κ2) is 11.8. The lowest BCUT2D eigenvalue weighted by atomic mass is 9.78. The average Bonchev–Trinajstić information content (AvgIpc) is 3.28. The number of rotatable bonds is 10. The van der Waals surface area contributed by atoms with Crippen LogP contribution in [0.4, 0.5) is 19.0 Å². The minimum Gasteiger partial charge on any atom is -0.481 e. The number of aryl methyl sites for hydroxylation is 1. The minimum atomic E-state index is -4.46. The van der Waals surface area contributed by atoms with Crippen molar-refractivity contribution in [2.75, 3.05) is 12.4 Å². The summed E-state index contributed by atoms with van der Waals surface area (Å²) in [6, 6.07) is 12.2. The summed E-state index contributed by atoms with van der Waals surface area (Å²) in [6.07, 6.45) is -1.29. The lowest BCUT2D eigenvalue weighted by Gasteiger charge is -2.34.